The van der Waals surface area contributed by atoms with Crippen molar-refractivity contribution < 1.29 is 9.53 Å². The zero-order valence-electron chi connectivity index (χ0n) is 9.38. The molecule has 1 amide bonds. The Kier molecular flexibility index (Phi) is 3.78. The van der Waals surface area contributed by atoms with Crippen LogP contribution in [0.25, 0.3) is 0 Å². The summed E-state index contributed by atoms with van der Waals surface area (Å²) < 4.78 is 5.31. The first-order valence-electron chi connectivity index (χ1n) is 5.28. The van der Waals surface area contributed by atoms with E-state index in [-0.39, 0.29) is 11.7 Å². The lowest BCUT2D eigenvalue weighted by Crippen LogP contribution is -2.37. The molecule has 1 radical (unpaired) electrons. The van der Waals surface area contributed by atoms with Crippen molar-refractivity contribution in [3.8, 4) is 0 Å². The first kappa shape index (κ1) is 11.3. The van der Waals surface area contributed by atoms with Gasteiger partial charge in [-0.3, -0.25) is 0 Å². The van der Waals surface area contributed by atoms with Gasteiger partial charge in [0.15, 0.2) is 0 Å². The maximum Gasteiger partial charge on any atom is 0.410 e. The van der Waals surface area contributed by atoms with Crippen molar-refractivity contribution in [1.82, 2.24) is 4.90 Å². The molecule has 0 aromatic rings. The van der Waals surface area contributed by atoms with Crippen LogP contribution in [0.2, 0.25) is 0 Å². The highest BCUT2D eigenvalue weighted by molar-refractivity contribution is 5.68. The highest BCUT2D eigenvalue weighted by atomic mass is 16.6. The van der Waals surface area contributed by atoms with Crippen LogP contribution in [-0.4, -0.2) is 29.7 Å². The normalized spacial score (nSPS) is 18.9. The maximum atomic E-state index is 11.7. The number of hydrogen-bond acceptors (Lipinski definition) is 2. The van der Waals surface area contributed by atoms with Crippen LogP contribution in [0.1, 0.15) is 40.0 Å². The zero-order chi connectivity index (χ0) is 10.6. The number of hydrogen-bond donors (Lipinski definition) is 0. The summed E-state index contributed by atoms with van der Waals surface area (Å²) in [5, 5.41) is 0. The van der Waals surface area contributed by atoms with E-state index in [0.717, 1.165) is 32.4 Å². The molecule has 0 aromatic carbocycles. The lowest BCUT2D eigenvalue weighted by molar-refractivity contribution is 0.0258. The Morgan fingerprint density at radius 3 is 2.64 bits per heavy atom. The van der Waals surface area contributed by atoms with E-state index in [0.29, 0.717) is 0 Å². The molecular weight excluding hydrogens is 178 g/mol. The number of carbonyl (C=O) groups excluding carboxylic acids is 1. The number of rotatable bonds is 0. The Balaban J connectivity index is 2.42. The van der Waals surface area contributed by atoms with E-state index < -0.39 is 0 Å². The molecule has 0 spiro atoms. The molecule has 0 aliphatic carbocycles. The fourth-order valence-corrected chi connectivity index (χ4v) is 1.44. The van der Waals surface area contributed by atoms with Gasteiger partial charge in [0.05, 0.1) is 0 Å². The predicted octanol–water partition coefficient (Wildman–Crippen LogP) is 2.61. The summed E-state index contributed by atoms with van der Waals surface area (Å²) >= 11 is 0. The monoisotopic (exact) mass is 198 g/mol. The van der Waals surface area contributed by atoms with Crippen LogP contribution < -0.4 is 0 Å². The second-order valence-electron chi connectivity index (χ2n) is 4.69. The standard InChI is InChI=1S/C11H20NO2/c1-11(2,3)14-10(13)12-8-6-4-5-7-9-12/h4H,5-9H2,1-3H3. The highest BCUT2D eigenvalue weighted by Crippen LogP contribution is 2.14. The lowest BCUT2D eigenvalue weighted by atomic mass is 10.2. The average Bonchev–Trinajstić information content (AvgIpc) is 2.27. The van der Waals surface area contributed by atoms with Gasteiger partial charge < -0.3 is 9.64 Å². The zero-order valence-corrected chi connectivity index (χ0v) is 9.38. The van der Waals surface area contributed by atoms with E-state index in [2.05, 4.69) is 6.42 Å². The van der Waals surface area contributed by atoms with Crippen LogP contribution in [-0.2, 0) is 4.74 Å². The summed E-state index contributed by atoms with van der Waals surface area (Å²) in [5.41, 5.74) is -0.382. The van der Waals surface area contributed by atoms with E-state index in [4.69, 9.17) is 4.74 Å². The number of nitrogens with zero attached hydrogens (tertiary/aromatic N) is 1. The number of amides is 1. The first-order chi connectivity index (χ1) is 6.49. The van der Waals surface area contributed by atoms with Gasteiger partial charge in [-0.05, 0) is 46.5 Å². The molecular formula is C11H20NO2. The number of likely N-dealkylation sites (tertiary alicyclic amines) is 1. The molecule has 0 aromatic heterocycles. The molecule has 1 saturated heterocycles. The molecule has 1 fully saturated rings. The Morgan fingerprint density at radius 2 is 2.00 bits per heavy atom. The average molecular weight is 198 g/mol. The molecule has 0 bridgehead atoms. The summed E-state index contributed by atoms with van der Waals surface area (Å²) in [5.74, 6) is 0. The summed E-state index contributed by atoms with van der Waals surface area (Å²) in [6.07, 6.45) is 5.22. The van der Waals surface area contributed by atoms with E-state index in [1.807, 2.05) is 20.8 Å². The van der Waals surface area contributed by atoms with Crippen molar-refractivity contribution in [3.05, 3.63) is 6.42 Å². The fourth-order valence-electron chi connectivity index (χ4n) is 1.44. The van der Waals surface area contributed by atoms with E-state index in [1.165, 1.54) is 0 Å². The summed E-state index contributed by atoms with van der Waals surface area (Å²) in [4.78, 5) is 13.5. The van der Waals surface area contributed by atoms with Gasteiger partial charge in [0, 0.05) is 13.1 Å². The third-order valence-corrected chi connectivity index (χ3v) is 2.09. The largest absolute Gasteiger partial charge is 0.444 e. The Bertz CT molecular complexity index is 188. The summed E-state index contributed by atoms with van der Waals surface area (Å²) in [6.45, 7) is 7.32. The number of ether oxygens (including phenoxy) is 1. The van der Waals surface area contributed by atoms with Gasteiger partial charge in [-0.25, -0.2) is 4.79 Å². The highest BCUT2D eigenvalue weighted by Gasteiger charge is 2.22. The topological polar surface area (TPSA) is 29.5 Å². The van der Waals surface area contributed by atoms with Crippen LogP contribution in [0.5, 0.6) is 0 Å². The minimum Gasteiger partial charge on any atom is -0.444 e. The van der Waals surface area contributed by atoms with Gasteiger partial charge in [0.1, 0.15) is 5.60 Å². The molecule has 0 saturated carbocycles. The Morgan fingerprint density at radius 1 is 1.29 bits per heavy atom. The minimum absolute atomic E-state index is 0.173. The minimum atomic E-state index is -0.382. The SMILES string of the molecule is CC(C)(C)OC(=O)N1CC[CH]CCC1. The molecule has 1 aliphatic heterocycles. The van der Waals surface area contributed by atoms with Crippen LogP contribution in [0, 0.1) is 6.42 Å². The van der Waals surface area contributed by atoms with Crippen molar-refractivity contribution in [1.29, 1.82) is 0 Å². The summed E-state index contributed by atoms with van der Waals surface area (Å²) in [7, 11) is 0. The van der Waals surface area contributed by atoms with Crippen LogP contribution in [0.15, 0.2) is 0 Å². The quantitative estimate of drug-likeness (QED) is 0.598. The number of carbonyl (C=O) groups is 1. The van der Waals surface area contributed by atoms with Gasteiger partial charge in [0.2, 0.25) is 0 Å². The van der Waals surface area contributed by atoms with Crippen LogP contribution in [0.4, 0.5) is 4.79 Å². The van der Waals surface area contributed by atoms with E-state index >= 15 is 0 Å². The molecule has 81 valence electrons. The van der Waals surface area contributed by atoms with E-state index in [9.17, 15) is 4.79 Å². The van der Waals surface area contributed by atoms with Crippen molar-refractivity contribution >= 4 is 6.09 Å². The molecule has 0 atom stereocenters. The van der Waals surface area contributed by atoms with E-state index in [1.54, 1.807) is 4.90 Å². The predicted molar refractivity (Wildman–Crippen MR) is 56.0 cm³/mol. The van der Waals surface area contributed by atoms with Crippen molar-refractivity contribution in [2.45, 2.75) is 45.6 Å². The Hall–Kier alpha value is -0.730. The van der Waals surface area contributed by atoms with Crippen molar-refractivity contribution in [2.24, 2.45) is 0 Å². The van der Waals surface area contributed by atoms with Gasteiger partial charge in [-0.15, -0.1) is 0 Å². The molecule has 14 heavy (non-hydrogen) atoms. The molecule has 1 rings (SSSR count). The summed E-state index contributed by atoms with van der Waals surface area (Å²) in [6, 6.07) is 0. The molecule has 3 heteroatoms. The van der Waals surface area contributed by atoms with Gasteiger partial charge in [-0.1, -0.05) is 0 Å². The molecule has 3 nitrogen and oxygen atoms in total. The second kappa shape index (κ2) is 4.67. The van der Waals surface area contributed by atoms with Gasteiger partial charge in [0.25, 0.3) is 0 Å². The third kappa shape index (κ3) is 3.99. The molecule has 1 aliphatic rings. The molecule has 1 heterocycles. The molecule has 0 unspecified atom stereocenters. The molecule has 0 N–H and O–H groups in total. The first-order valence-corrected chi connectivity index (χ1v) is 5.28. The van der Waals surface area contributed by atoms with Crippen LogP contribution in [0.3, 0.4) is 0 Å². The Labute approximate surface area is 86.4 Å². The smallest absolute Gasteiger partial charge is 0.410 e. The van der Waals surface area contributed by atoms with Crippen molar-refractivity contribution in [2.75, 3.05) is 13.1 Å². The van der Waals surface area contributed by atoms with Gasteiger partial charge in [-0.2, -0.15) is 0 Å². The second-order valence-corrected chi connectivity index (χ2v) is 4.69. The fraction of sp³-hybridized carbons (Fsp3) is 0.818. The van der Waals surface area contributed by atoms with Crippen LogP contribution >= 0.6 is 0 Å². The third-order valence-electron chi connectivity index (χ3n) is 2.09. The lowest BCUT2D eigenvalue weighted by Gasteiger charge is -2.26. The van der Waals surface area contributed by atoms with Crippen molar-refractivity contribution in [3.63, 3.8) is 0 Å². The maximum absolute atomic E-state index is 11.7. The van der Waals surface area contributed by atoms with Gasteiger partial charge >= 0.3 is 6.09 Å².